The highest BCUT2D eigenvalue weighted by atomic mass is 32.2. The number of nitrogens with zero attached hydrogens (tertiary/aromatic N) is 1. The van der Waals surface area contributed by atoms with Gasteiger partial charge < -0.3 is 15.4 Å². The van der Waals surface area contributed by atoms with Gasteiger partial charge in [-0.2, -0.15) is 26.3 Å². The molecule has 16 heteroatoms. The number of hydrogen-bond acceptors (Lipinski definition) is 6. The summed E-state index contributed by atoms with van der Waals surface area (Å²) in [5.74, 6) is -0.556. The Balaban J connectivity index is 1.54. The summed E-state index contributed by atoms with van der Waals surface area (Å²) in [6, 6.07) is 9.39. The highest BCUT2D eigenvalue weighted by molar-refractivity contribution is 7.88. The van der Waals surface area contributed by atoms with E-state index in [1.807, 2.05) is 0 Å². The number of rotatable bonds is 9. The Kier molecular flexibility index (Phi) is 8.90. The SMILES string of the molecule is C[C@@H](OC[C@@]1(c2ccccc2)CC[C@@]2(CN1)NC(=O)N(CCNS(C)(=O)=O)C2=O)c1cc(C(F)(F)F)cc(C(F)(F)F)c1. The smallest absolute Gasteiger partial charge is 0.372 e. The first-order chi connectivity index (χ1) is 19.9. The van der Waals surface area contributed by atoms with Gasteiger partial charge in [0.2, 0.25) is 10.0 Å². The molecule has 2 saturated heterocycles. The minimum absolute atomic E-state index is 0.0528. The Bertz CT molecular complexity index is 1430. The van der Waals surface area contributed by atoms with Crippen molar-refractivity contribution in [1.29, 1.82) is 0 Å². The molecule has 2 aromatic rings. The van der Waals surface area contributed by atoms with Crippen LogP contribution in [0.3, 0.4) is 0 Å². The van der Waals surface area contributed by atoms with Crippen LogP contribution < -0.4 is 15.4 Å². The Morgan fingerprint density at radius 1 is 1.00 bits per heavy atom. The van der Waals surface area contributed by atoms with Crippen molar-refractivity contribution in [3.05, 3.63) is 70.8 Å². The Labute approximate surface area is 244 Å². The summed E-state index contributed by atoms with van der Waals surface area (Å²) < 4.78 is 111. The highest BCUT2D eigenvalue weighted by Crippen LogP contribution is 2.40. The molecule has 1 spiro atoms. The molecule has 2 heterocycles. The van der Waals surface area contributed by atoms with E-state index in [9.17, 15) is 44.3 Å². The van der Waals surface area contributed by atoms with Crippen LogP contribution >= 0.6 is 0 Å². The van der Waals surface area contributed by atoms with Crippen molar-refractivity contribution in [3.8, 4) is 0 Å². The molecule has 3 amide bonds. The molecule has 9 nitrogen and oxygen atoms in total. The van der Waals surface area contributed by atoms with Crippen LogP contribution in [0.2, 0.25) is 0 Å². The molecule has 0 unspecified atom stereocenters. The molecule has 2 fully saturated rings. The first kappa shape index (κ1) is 32.7. The van der Waals surface area contributed by atoms with Gasteiger partial charge in [-0.05, 0) is 49.1 Å². The van der Waals surface area contributed by atoms with E-state index in [0.717, 1.165) is 11.2 Å². The number of sulfonamides is 1. The van der Waals surface area contributed by atoms with Crippen molar-refractivity contribution in [2.45, 2.75) is 49.3 Å². The number of hydrogen-bond donors (Lipinski definition) is 3. The van der Waals surface area contributed by atoms with Crippen molar-refractivity contribution < 1.29 is 49.1 Å². The van der Waals surface area contributed by atoms with Crippen LogP contribution in [0.5, 0.6) is 0 Å². The van der Waals surface area contributed by atoms with Crippen molar-refractivity contribution in [1.82, 2.24) is 20.3 Å². The average molecular weight is 637 g/mol. The van der Waals surface area contributed by atoms with Gasteiger partial charge in [-0.3, -0.25) is 9.69 Å². The number of piperidine rings is 1. The molecular formula is C27H30F6N4O5S. The molecule has 3 atom stereocenters. The van der Waals surface area contributed by atoms with Gasteiger partial charge in [0.1, 0.15) is 5.54 Å². The number of urea groups is 1. The monoisotopic (exact) mass is 636 g/mol. The number of alkyl halides is 6. The van der Waals surface area contributed by atoms with Gasteiger partial charge >= 0.3 is 18.4 Å². The van der Waals surface area contributed by atoms with Crippen LogP contribution in [-0.4, -0.2) is 63.3 Å². The van der Waals surface area contributed by atoms with Crippen LogP contribution in [0.1, 0.15) is 48.1 Å². The number of halogens is 6. The fourth-order valence-electron chi connectivity index (χ4n) is 5.22. The van der Waals surface area contributed by atoms with Crippen LogP contribution in [0, 0.1) is 0 Å². The quantitative estimate of drug-likeness (QED) is 0.284. The van der Waals surface area contributed by atoms with Crippen LogP contribution in [0.25, 0.3) is 0 Å². The molecule has 2 aliphatic heterocycles. The van der Waals surface area contributed by atoms with Gasteiger partial charge in [-0.15, -0.1) is 0 Å². The number of nitrogens with one attached hydrogen (secondary N) is 3. The number of carbonyl (C=O) groups excluding carboxylic acids is 2. The van der Waals surface area contributed by atoms with Gasteiger partial charge in [0.25, 0.3) is 5.91 Å². The maximum absolute atomic E-state index is 13.4. The van der Waals surface area contributed by atoms with Crippen molar-refractivity contribution >= 4 is 22.0 Å². The molecule has 4 rings (SSSR count). The third-order valence-electron chi connectivity index (χ3n) is 7.64. The van der Waals surface area contributed by atoms with E-state index < -0.39 is 62.6 Å². The zero-order valence-corrected chi connectivity index (χ0v) is 23.9. The second-order valence-electron chi connectivity index (χ2n) is 10.7. The van der Waals surface area contributed by atoms with Crippen LogP contribution in [0.4, 0.5) is 31.1 Å². The van der Waals surface area contributed by atoms with E-state index in [0.29, 0.717) is 17.7 Å². The Morgan fingerprint density at radius 2 is 1.60 bits per heavy atom. The normalized spacial score (nSPS) is 24.0. The number of carbonyl (C=O) groups is 2. The minimum atomic E-state index is -5.01. The van der Waals surface area contributed by atoms with E-state index in [1.165, 1.54) is 6.92 Å². The molecule has 2 aliphatic rings. The number of ether oxygens (including phenoxy) is 1. The number of benzene rings is 2. The molecular weight excluding hydrogens is 606 g/mol. The summed E-state index contributed by atoms with van der Waals surface area (Å²) in [5.41, 5.74) is -4.86. The molecule has 0 aromatic heterocycles. The van der Waals surface area contributed by atoms with Gasteiger partial charge in [0, 0.05) is 19.6 Å². The lowest BCUT2D eigenvalue weighted by molar-refractivity contribution is -0.143. The summed E-state index contributed by atoms with van der Waals surface area (Å²) in [6.45, 7) is 0.730. The first-order valence-electron chi connectivity index (χ1n) is 13.2. The Morgan fingerprint density at radius 3 is 2.12 bits per heavy atom. The van der Waals surface area contributed by atoms with Crippen molar-refractivity contribution in [2.75, 3.05) is 32.5 Å². The van der Waals surface area contributed by atoms with Gasteiger partial charge in [-0.1, -0.05) is 30.3 Å². The zero-order valence-electron chi connectivity index (χ0n) is 23.1. The maximum atomic E-state index is 13.4. The largest absolute Gasteiger partial charge is 0.416 e. The number of imide groups is 1. The summed E-state index contributed by atoms with van der Waals surface area (Å²) in [6.07, 6.45) is -9.93. The minimum Gasteiger partial charge on any atom is -0.372 e. The summed E-state index contributed by atoms with van der Waals surface area (Å²) in [5, 5.41) is 5.93. The standard InChI is InChI=1S/C27H30F6N4O5S/c1-17(18-12-20(26(28,29)30)14-21(13-18)27(31,32)33)42-16-25(19-6-4-3-5-7-19)9-8-24(15-34-25)22(38)37(23(39)36-24)11-10-35-43(2,40)41/h3-7,12-14,17,34-35H,8-11,15-16H2,1-2H3,(H,36,39)/t17-,24+,25-/m1/s1. The lowest BCUT2D eigenvalue weighted by atomic mass is 9.76. The maximum Gasteiger partial charge on any atom is 0.416 e. The number of amides is 3. The summed E-state index contributed by atoms with van der Waals surface area (Å²) >= 11 is 0. The fourth-order valence-corrected chi connectivity index (χ4v) is 5.68. The summed E-state index contributed by atoms with van der Waals surface area (Å²) in [7, 11) is -3.54. The molecule has 0 bridgehead atoms. The Hall–Kier alpha value is -3.21. The molecule has 236 valence electrons. The van der Waals surface area contributed by atoms with Gasteiger partial charge in [-0.25, -0.2) is 17.9 Å². The molecule has 3 N–H and O–H groups in total. The lowest BCUT2D eigenvalue weighted by Crippen LogP contribution is -2.64. The van der Waals surface area contributed by atoms with Gasteiger partial charge in [0.15, 0.2) is 0 Å². The topological polar surface area (TPSA) is 117 Å². The highest BCUT2D eigenvalue weighted by Gasteiger charge is 2.55. The predicted molar refractivity (Wildman–Crippen MR) is 142 cm³/mol. The predicted octanol–water partition coefficient (Wildman–Crippen LogP) is 3.92. The van der Waals surface area contributed by atoms with E-state index in [1.54, 1.807) is 30.3 Å². The molecule has 43 heavy (non-hydrogen) atoms. The van der Waals surface area contributed by atoms with Gasteiger partial charge in [0.05, 0.1) is 35.6 Å². The van der Waals surface area contributed by atoms with Crippen LogP contribution in [0.15, 0.2) is 48.5 Å². The van der Waals surface area contributed by atoms with E-state index in [2.05, 4.69) is 15.4 Å². The lowest BCUT2D eigenvalue weighted by Gasteiger charge is -2.45. The molecule has 0 saturated carbocycles. The average Bonchev–Trinajstić information content (AvgIpc) is 3.15. The third kappa shape index (κ3) is 7.30. The molecule has 0 radical (unpaired) electrons. The third-order valence-corrected chi connectivity index (χ3v) is 8.37. The fraction of sp³-hybridized carbons (Fsp3) is 0.481. The first-order valence-corrected chi connectivity index (χ1v) is 15.0. The van der Waals surface area contributed by atoms with Crippen LogP contribution in [-0.2, 0) is 37.4 Å². The van der Waals surface area contributed by atoms with E-state index in [4.69, 9.17) is 4.74 Å². The summed E-state index contributed by atoms with van der Waals surface area (Å²) in [4.78, 5) is 26.8. The second-order valence-corrected chi connectivity index (χ2v) is 12.6. The van der Waals surface area contributed by atoms with Crippen molar-refractivity contribution in [3.63, 3.8) is 0 Å². The van der Waals surface area contributed by atoms with E-state index in [-0.39, 0.29) is 50.7 Å². The second kappa shape index (κ2) is 11.7. The molecule has 2 aromatic carbocycles. The van der Waals surface area contributed by atoms with Crippen molar-refractivity contribution in [2.24, 2.45) is 0 Å². The van der Waals surface area contributed by atoms with E-state index >= 15 is 0 Å². The molecule has 0 aliphatic carbocycles. The zero-order chi connectivity index (χ0) is 31.8.